The van der Waals surface area contributed by atoms with Crippen LogP contribution in [0, 0.1) is 5.92 Å². The van der Waals surface area contributed by atoms with E-state index in [0.29, 0.717) is 0 Å². The number of rotatable bonds is 7. The molecule has 0 aliphatic rings. The van der Waals surface area contributed by atoms with Crippen LogP contribution in [0.25, 0.3) is 0 Å². The second-order valence-corrected chi connectivity index (χ2v) is 5.50. The van der Waals surface area contributed by atoms with Gasteiger partial charge in [-0.25, -0.2) is 4.98 Å². The highest BCUT2D eigenvalue weighted by Gasteiger charge is 1.99. The Morgan fingerprint density at radius 1 is 1.44 bits per heavy atom. The lowest BCUT2D eigenvalue weighted by molar-refractivity contribution is 0.632. The van der Waals surface area contributed by atoms with Crippen LogP contribution in [0.15, 0.2) is 23.2 Å². The second kappa shape index (κ2) is 7.55. The summed E-state index contributed by atoms with van der Waals surface area (Å²) >= 11 is 1.92. The molecule has 1 heterocycles. The lowest BCUT2D eigenvalue weighted by Crippen LogP contribution is -2.01. The van der Waals surface area contributed by atoms with Crippen LogP contribution in [0.4, 0.5) is 5.82 Å². The van der Waals surface area contributed by atoms with Gasteiger partial charge in [-0.2, -0.15) is 0 Å². The van der Waals surface area contributed by atoms with E-state index < -0.39 is 0 Å². The van der Waals surface area contributed by atoms with Crippen molar-refractivity contribution < 1.29 is 0 Å². The summed E-state index contributed by atoms with van der Waals surface area (Å²) in [5, 5.41) is 3.31. The zero-order chi connectivity index (χ0) is 11.8. The molecular formula is C13H22N2S. The van der Waals surface area contributed by atoms with Gasteiger partial charge in [0.2, 0.25) is 0 Å². The van der Waals surface area contributed by atoms with E-state index in [9.17, 15) is 0 Å². The Labute approximate surface area is 103 Å². The van der Waals surface area contributed by atoms with Gasteiger partial charge in [0.1, 0.15) is 5.82 Å². The maximum atomic E-state index is 4.30. The molecule has 3 heteroatoms. The summed E-state index contributed by atoms with van der Waals surface area (Å²) in [6.07, 6.45) is 4.28. The van der Waals surface area contributed by atoms with E-state index >= 15 is 0 Å². The maximum absolute atomic E-state index is 4.30. The number of hydrogen-bond donors (Lipinski definition) is 1. The zero-order valence-corrected chi connectivity index (χ0v) is 11.3. The third kappa shape index (κ3) is 5.40. The van der Waals surface area contributed by atoms with Gasteiger partial charge in [0, 0.05) is 17.6 Å². The molecule has 0 aliphatic heterocycles. The van der Waals surface area contributed by atoms with Crippen LogP contribution < -0.4 is 5.32 Å². The van der Waals surface area contributed by atoms with Crippen LogP contribution in [-0.4, -0.2) is 17.3 Å². The first-order chi connectivity index (χ1) is 7.72. The van der Waals surface area contributed by atoms with Crippen LogP contribution in [0.1, 0.15) is 33.6 Å². The average Bonchev–Trinajstić information content (AvgIpc) is 2.26. The Bertz CT molecular complexity index is 300. The summed E-state index contributed by atoms with van der Waals surface area (Å²) in [6, 6.07) is 4.22. The molecule has 1 rings (SSSR count). The van der Waals surface area contributed by atoms with E-state index in [1.807, 2.05) is 18.0 Å². The molecule has 0 amide bonds. The van der Waals surface area contributed by atoms with E-state index in [0.717, 1.165) is 24.7 Å². The predicted octanol–water partition coefficient (Wildman–Crippen LogP) is 4.04. The third-order valence-corrected chi connectivity index (χ3v) is 3.28. The van der Waals surface area contributed by atoms with Gasteiger partial charge in [0.15, 0.2) is 0 Å². The highest BCUT2D eigenvalue weighted by Crippen LogP contribution is 2.21. The maximum Gasteiger partial charge on any atom is 0.126 e. The summed E-state index contributed by atoms with van der Waals surface area (Å²) < 4.78 is 0. The normalized spacial score (nSPS) is 10.8. The first-order valence-electron chi connectivity index (χ1n) is 6.05. The van der Waals surface area contributed by atoms with Gasteiger partial charge in [-0.1, -0.05) is 20.8 Å². The van der Waals surface area contributed by atoms with E-state index in [-0.39, 0.29) is 0 Å². The van der Waals surface area contributed by atoms with Crippen LogP contribution >= 0.6 is 11.8 Å². The molecule has 0 spiro atoms. The van der Waals surface area contributed by atoms with Gasteiger partial charge in [-0.15, -0.1) is 11.8 Å². The molecule has 1 aromatic rings. The molecule has 90 valence electrons. The summed E-state index contributed by atoms with van der Waals surface area (Å²) in [7, 11) is 0. The minimum atomic E-state index is 0.784. The molecule has 0 atom stereocenters. The highest BCUT2D eigenvalue weighted by atomic mass is 32.2. The van der Waals surface area contributed by atoms with Crippen molar-refractivity contribution in [3.8, 4) is 0 Å². The quantitative estimate of drug-likeness (QED) is 0.726. The standard InChI is InChI=1S/C13H22N2S/c1-4-7-14-13-10-12(5-8-15-13)16-9-6-11(2)3/h5,8,10-11H,4,6-7,9H2,1-3H3,(H,14,15). The number of nitrogens with one attached hydrogen (secondary N) is 1. The second-order valence-electron chi connectivity index (χ2n) is 4.33. The first kappa shape index (κ1) is 13.4. The molecule has 2 nitrogen and oxygen atoms in total. The smallest absolute Gasteiger partial charge is 0.126 e. The lowest BCUT2D eigenvalue weighted by atomic mass is 10.2. The zero-order valence-electron chi connectivity index (χ0n) is 10.5. The van der Waals surface area contributed by atoms with Crippen LogP contribution in [0.2, 0.25) is 0 Å². The molecule has 16 heavy (non-hydrogen) atoms. The predicted molar refractivity (Wildman–Crippen MR) is 73.2 cm³/mol. The SMILES string of the molecule is CCCNc1cc(SCCC(C)C)ccn1. The van der Waals surface area contributed by atoms with Crippen molar-refractivity contribution in [2.24, 2.45) is 5.92 Å². The Balaban J connectivity index is 2.40. The van der Waals surface area contributed by atoms with Gasteiger partial charge in [-0.3, -0.25) is 0 Å². The Morgan fingerprint density at radius 3 is 2.94 bits per heavy atom. The van der Waals surface area contributed by atoms with Crippen LogP contribution in [0.5, 0.6) is 0 Å². The van der Waals surface area contributed by atoms with E-state index in [4.69, 9.17) is 0 Å². The highest BCUT2D eigenvalue weighted by molar-refractivity contribution is 7.99. The molecular weight excluding hydrogens is 216 g/mol. The minimum absolute atomic E-state index is 0.784. The van der Waals surface area contributed by atoms with Crippen LogP contribution in [0.3, 0.4) is 0 Å². The van der Waals surface area contributed by atoms with Gasteiger partial charge in [0.25, 0.3) is 0 Å². The number of anilines is 1. The van der Waals surface area contributed by atoms with Crippen molar-refractivity contribution in [2.75, 3.05) is 17.6 Å². The van der Waals surface area contributed by atoms with Crippen molar-refractivity contribution in [3.05, 3.63) is 18.3 Å². The molecule has 1 aromatic heterocycles. The van der Waals surface area contributed by atoms with Crippen LogP contribution in [-0.2, 0) is 0 Å². The van der Waals surface area contributed by atoms with E-state index in [1.54, 1.807) is 0 Å². The summed E-state index contributed by atoms with van der Waals surface area (Å²) in [6.45, 7) is 7.68. The first-order valence-corrected chi connectivity index (χ1v) is 7.03. The number of nitrogens with zero attached hydrogens (tertiary/aromatic N) is 1. The fourth-order valence-electron chi connectivity index (χ4n) is 1.26. The largest absolute Gasteiger partial charge is 0.370 e. The molecule has 1 N–H and O–H groups in total. The molecule has 0 aromatic carbocycles. The van der Waals surface area contributed by atoms with E-state index in [1.165, 1.54) is 17.1 Å². The van der Waals surface area contributed by atoms with E-state index in [2.05, 4.69) is 43.2 Å². The third-order valence-electron chi connectivity index (χ3n) is 2.25. The molecule has 0 unspecified atom stereocenters. The Morgan fingerprint density at radius 2 is 2.25 bits per heavy atom. The monoisotopic (exact) mass is 238 g/mol. The number of hydrogen-bond acceptors (Lipinski definition) is 3. The molecule has 0 fully saturated rings. The Kier molecular flexibility index (Phi) is 6.31. The van der Waals surface area contributed by atoms with Gasteiger partial charge in [0.05, 0.1) is 0 Å². The topological polar surface area (TPSA) is 24.9 Å². The van der Waals surface area contributed by atoms with Crippen molar-refractivity contribution in [1.82, 2.24) is 4.98 Å². The van der Waals surface area contributed by atoms with Gasteiger partial charge < -0.3 is 5.32 Å². The summed E-state index contributed by atoms with van der Waals surface area (Å²) in [4.78, 5) is 5.61. The Hall–Kier alpha value is -0.700. The molecule has 0 bridgehead atoms. The van der Waals surface area contributed by atoms with Crippen molar-refractivity contribution in [3.63, 3.8) is 0 Å². The summed E-state index contributed by atoms with van der Waals surface area (Å²) in [5.41, 5.74) is 0. The van der Waals surface area contributed by atoms with Crippen molar-refractivity contribution >= 4 is 17.6 Å². The number of aromatic nitrogens is 1. The van der Waals surface area contributed by atoms with Gasteiger partial charge >= 0.3 is 0 Å². The van der Waals surface area contributed by atoms with Gasteiger partial charge in [-0.05, 0) is 36.6 Å². The molecule has 0 saturated carbocycles. The average molecular weight is 238 g/mol. The lowest BCUT2D eigenvalue weighted by Gasteiger charge is -2.07. The van der Waals surface area contributed by atoms with Crippen molar-refractivity contribution in [2.45, 2.75) is 38.5 Å². The van der Waals surface area contributed by atoms with Crippen molar-refractivity contribution in [1.29, 1.82) is 0 Å². The number of thioether (sulfide) groups is 1. The number of pyridine rings is 1. The molecule has 0 radical (unpaired) electrons. The summed E-state index contributed by atoms with van der Waals surface area (Å²) in [5.74, 6) is 2.97. The minimum Gasteiger partial charge on any atom is -0.370 e. The fraction of sp³-hybridized carbons (Fsp3) is 0.615. The fourth-order valence-corrected chi connectivity index (χ4v) is 2.44. The molecule has 0 aliphatic carbocycles. The molecule has 0 saturated heterocycles.